The first-order valence-corrected chi connectivity index (χ1v) is 13.4. The number of aryl methyl sites for hydroxylation is 2. The van der Waals surface area contributed by atoms with E-state index in [1.54, 1.807) is 6.08 Å². The molecule has 4 rings (SSSR count). The van der Waals surface area contributed by atoms with Crippen molar-refractivity contribution in [3.05, 3.63) is 63.8 Å². The summed E-state index contributed by atoms with van der Waals surface area (Å²) in [6.07, 6.45) is 4.72. The average molecular weight is 508 g/mol. The highest BCUT2D eigenvalue weighted by Gasteiger charge is 2.25. The first-order chi connectivity index (χ1) is 16.9. The fourth-order valence-electron chi connectivity index (χ4n) is 4.10. The van der Waals surface area contributed by atoms with Crippen LogP contribution in [0.4, 0.5) is 5.00 Å². The van der Waals surface area contributed by atoms with Gasteiger partial charge in [-0.1, -0.05) is 36.9 Å². The molecule has 9 heteroatoms. The van der Waals surface area contributed by atoms with Crippen LogP contribution in [0, 0.1) is 31.1 Å². The number of nitrogens with zero attached hydrogens (tertiary/aromatic N) is 4. The summed E-state index contributed by atoms with van der Waals surface area (Å²) in [4.78, 5) is 14.0. The maximum atomic E-state index is 12.8. The first kappa shape index (κ1) is 25.0. The fraction of sp³-hybridized carbons (Fsp3) is 0.385. The third kappa shape index (κ3) is 5.77. The molecular weight excluding hydrogens is 478 g/mol. The quantitative estimate of drug-likeness (QED) is 0.306. The van der Waals surface area contributed by atoms with E-state index in [2.05, 4.69) is 35.1 Å². The minimum atomic E-state index is -0.167. The van der Waals surface area contributed by atoms with Crippen LogP contribution in [0.15, 0.2) is 36.0 Å². The number of amides is 1. The number of hydrogen-bond acceptors (Lipinski definition) is 7. The summed E-state index contributed by atoms with van der Waals surface area (Å²) in [6.45, 7) is 10.9. The normalized spacial score (nSPS) is 14.7. The fourth-order valence-corrected chi connectivity index (χ4v) is 6.24. The molecule has 0 aliphatic heterocycles. The van der Waals surface area contributed by atoms with Crippen molar-refractivity contribution in [3.63, 3.8) is 0 Å². The summed E-state index contributed by atoms with van der Waals surface area (Å²) in [5.41, 5.74) is 3.91. The molecule has 0 saturated carbocycles. The second-order valence-corrected chi connectivity index (χ2v) is 10.9. The van der Waals surface area contributed by atoms with Crippen molar-refractivity contribution in [3.8, 4) is 11.8 Å². The summed E-state index contributed by atoms with van der Waals surface area (Å²) in [5.74, 6) is 2.08. The van der Waals surface area contributed by atoms with Crippen LogP contribution in [0.2, 0.25) is 0 Å². The van der Waals surface area contributed by atoms with Crippen molar-refractivity contribution in [1.29, 1.82) is 5.26 Å². The zero-order valence-corrected chi connectivity index (χ0v) is 21.9. The number of aromatic nitrogens is 3. The zero-order chi connectivity index (χ0) is 24.9. The lowest BCUT2D eigenvalue weighted by atomic mass is 9.89. The molecule has 2 heterocycles. The predicted molar refractivity (Wildman–Crippen MR) is 140 cm³/mol. The highest BCUT2D eigenvalue weighted by Crippen LogP contribution is 2.39. The maximum Gasteiger partial charge on any atom is 0.235 e. The number of allylic oxidation sites excluding steroid dienone is 1. The van der Waals surface area contributed by atoms with Crippen LogP contribution in [0.25, 0.3) is 0 Å². The molecule has 1 aromatic carbocycles. The van der Waals surface area contributed by atoms with Crippen LogP contribution < -0.4 is 10.1 Å². The van der Waals surface area contributed by atoms with E-state index in [0.29, 0.717) is 34.0 Å². The molecule has 0 radical (unpaired) electrons. The molecule has 182 valence electrons. The Labute approximate surface area is 214 Å². The van der Waals surface area contributed by atoms with Gasteiger partial charge in [0.15, 0.2) is 11.0 Å². The summed E-state index contributed by atoms with van der Waals surface area (Å²) in [5, 5.41) is 22.5. The molecule has 1 unspecified atom stereocenters. The second-order valence-electron chi connectivity index (χ2n) is 8.86. The van der Waals surface area contributed by atoms with Crippen molar-refractivity contribution in [1.82, 2.24) is 14.8 Å². The van der Waals surface area contributed by atoms with Gasteiger partial charge >= 0.3 is 0 Å². The summed E-state index contributed by atoms with van der Waals surface area (Å²) < 4.78 is 7.91. The number of thioether (sulfide) groups is 1. The molecule has 1 atom stereocenters. The van der Waals surface area contributed by atoms with Crippen LogP contribution >= 0.6 is 23.1 Å². The van der Waals surface area contributed by atoms with Gasteiger partial charge in [-0.2, -0.15) is 5.26 Å². The first-order valence-electron chi connectivity index (χ1n) is 11.6. The number of nitrogens with one attached hydrogen (secondary N) is 1. The highest BCUT2D eigenvalue weighted by atomic mass is 32.2. The molecular formula is C26H29N5O2S2. The number of hydrogen-bond donors (Lipinski definition) is 1. The van der Waals surface area contributed by atoms with Gasteiger partial charge in [-0.25, -0.2) is 0 Å². The second kappa shape index (κ2) is 11.1. The van der Waals surface area contributed by atoms with Crippen molar-refractivity contribution in [2.45, 2.75) is 58.3 Å². The number of ether oxygens (including phenoxy) is 1. The minimum Gasteiger partial charge on any atom is -0.485 e. The van der Waals surface area contributed by atoms with E-state index >= 15 is 0 Å². The van der Waals surface area contributed by atoms with Gasteiger partial charge in [0.1, 0.15) is 23.4 Å². The molecule has 0 bridgehead atoms. The van der Waals surface area contributed by atoms with Crippen LogP contribution in [0.3, 0.4) is 0 Å². The number of thiophene rings is 1. The molecule has 35 heavy (non-hydrogen) atoms. The highest BCUT2D eigenvalue weighted by molar-refractivity contribution is 7.99. The largest absolute Gasteiger partial charge is 0.485 e. The molecule has 7 nitrogen and oxygen atoms in total. The SMILES string of the molecule is C=CCn1c(COc2cc(C)ccc2C)nnc1SCC(=O)Nc1sc2c(c1C#N)CCC(C)C2. The number of carbonyl (C=O) groups excluding carboxylic acids is 1. The van der Waals surface area contributed by atoms with Crippen LogP contribution in [0.1, 0.15) is 46.3 Å². The average Bonchev–Trinajstić information content (AvgIpc) is 3.37. The molecule has 2 aromatic heterocycles. The molecule has 0 fully saturated rings. The van der Waals surface area contributed by atoms with Crippen LogP contribution in [-0.4, -0.2) is 26.4 Å². The smallest absolute Gasteiger partial charge is 0.235 e. The third-order valence-corrected chi connectivity index (χ3v) is 8.15. The van der Waals surface area contributed by atoms with Gasteiger partial charge in [0.05, 0.1) is 11.3 Å². The van der Waals surface area contributed by atoms with E-state index in [9.17, 15) is 10.1 Å². The van der Waals surface area contributed by atoms with Crippen molar-refractivity contribution < 1.29 is 9.53 Å². The number of benzene rings is 1. The van der Waals surface area contributed by atoms with E-state index in [-0.39, 0.29) is 18.3 Å². The Morgan fingerprint density at radius 1 is 1.43 bits per heavy atom. The minimum absolute atomic E-state index is 0.164. The predicted octanol–water partition coefficient (Wildman–Crippen LogP) is 5.45. The van der Waals surface area contributed by atoms with Gasteiger partial charge in [-0.05, 0) is 61.8 Å². The Balaban J connectivity index is 1.41. The maximum absolute atomic E-state index is 12.8. The Morgan fingerprint density at radius 2 is 2.26 bits per heavy atom. The summed E-state index contributed by atoms with van der Waals surface area (Å²) >= 11 is 2.84. The summed E-state index contributed by atoms with van der Waals surface area (Å²) in [6, 6.07) is 8.38. The third-order valence-electron chi connectivity index (χ3n) is 6.01. The van der Waals surface area contributed by atoms with E-state index in [0.717, 1.165) is 41.7 Å². The lowest BCUT2D eigenvalue weighted by Crippen LogP contribution is -2.15. The molecule has 1 aliphatic carbocycles. The number of fused-ring (bicyclic) bond motifs is 1. The van der Waals surface area contributed by atoms with E-state index in [1.165, 1.54) is 28.0 Å². The molecule has 1 amide bonds. The van der Waals surface area contributed by atoms with Crippen molar-refractivity contribution in [2.75, 3.05) is 11.1 Å². The van der Waals surface area contributed by atoms with E-state index in [1.807, 2.05) is 36.6 Å². The lowest BCUT2D eigenvalue weighted by molar-refractivity contribution is -0.113. The molecule has 3 aromatic rings. The van der Waals surface area contributed by atoms with Gasteiger partial charge in [0, 0.05) is 11.4 Å². The van der Waals surface area contributed by atoms with Gasteiger partial charge in [0.25, 0.3) is 0 Å². The number of nitriles is 1. The van der Waals surface area contributed by atoms with E-state index < -0.39 is 0 Å². The Kier molecular flexibility index (Phi) is 7.93. The van der Waals surface area contributed by atoms with Gasteiger partial charge in [-0.15, -0.1) is 28.1 Å². The molecule has 1 aliphatic rings. The van der Waals surface area contributed by atoms with Gasteiger partial charge in [-0.3, -0.25) is 9.36 Å². The van der Waals surface area contributed by atoms with Crippen LogP contribution in [-0.2, 0) is 30.8 Å². The molecule has 0 spiro atoms. The molecule has 1 N–H and O–H groups in total. The van der Waals surface area contributed by atoms with Crippen LogP contribution in [0.5, 0.6) is 5.75 Å². The summed E-state index contributed by atoms with van der Waals surface area (Å²) in [7, 11) is 0. The Morgan fingerprint density at radius 3 is 3.03 bits per heavy atom. The van der Waals surface area contributed by atoms with E-state index in [4.69, 9.17) is 4.74 Å². The Bertz CT molecular complexity index is 1290. The van der Waals surface area contributed by atoms with Crippen molar-refractivity contribution in [2.24, 2.45) is 5.92 Å². The lowest BCUT2D eigenvalue weighted by Gasteiger charge is -2.17. The van der Waals surface area contributed by atoms with Gasteiger partial charge in [0.2, 0.25) is 5.91 Å². The molecule has 0 saturated heterocycles. The Hall–Kier alpha value is -3.09. The number of carbonyl (C=O) groups is 1. The number of anilines is 1. The standard InChI is InChI=1S/C26H29N5O2S2/c1-5-10-31-23(14-33-21-11-16(2)6-8-18(21)4)29-30-26(31)34-15-24(32)28-25-20(13-27)19-9-7-17(3)12-22(19)35-25/h5-6,8,11,17H,1,7,9-10,12,14-15H2,2-4H3,(H,28,32). The van der Waals surface area contributed by atoms with Gasteiger partial charge < -0.3 is 10.1 Å². The number of rotatable bonds is 9. The van der Waals surface area contributed by atoms with Crippen molar-refractivity contribution >= 4 is 34.0 Å². The topological polar surface area (TPSA) is 92.8 Å². The monoisotopic (exact) mass is 507 g/mol. The zero-order valence-electron chi connectivity index (χ0n) is 20.3.